The van der Waals surface area contributed by atoms with E-state index in [0.29, 0.717) is 24.7 Å². The van der Waals surface area contributed by atoms with Gasteiger partial charge >= 0.3 is 0 Å². The number of benzene rings is 2. The lowest BCUT2D eigenvalue weighted by atomic mass is 9.81. The Balaban J connectivity index is 1.63. The predicted molar refractivity (Wildman–Crippen MR) is 140 cm³/mol. The first-order valence-corrected chi connectivity index (χ1v) is 11.9. The van der Waals surface area contributed by atoms with Gasteiger partial charge in [-0.05, 0) is 98.5 Å². The third-order valence-electron chi connectivity index (χ3n) is 5.79. The second kappa shape index (κ2) is 12.3. The van der Waals surface area contributed by atoms with E-state index in [2.05, 4.69) is 13.2 Å². The molecule has 0 heterocycles. The molecule has 0 fully saturated rings. The molecule has 2 aromatic rings. The average molecular weight is 489 g/mol. The number of Topliss-reactive ketones (excluding diaryl/α,β-unsaturated/α-hetero) is 2. The van der Waals surface area contributed by atoms with Crippen LogP contribution in [0.5, 0.6) is 11.5 Å². The molecule has 6 nitrogen and oxygen atoms in total. The van der Waals surface area contributed by atoms with Crippen molar-refractivity contribution in [3.8, 4) is 11.5 Å². The predicted octanol–water partition coefficient (Wildman–Crippen LogP) is 5.03. The molecule has 2 N–H and O–H groups in total. The van der Waals surface area contributed by atoms with Crippen molar-refractivity contribution in [1.82, 2.24) is 0 Å². The van der Waals surface area contributed by atoms with E-state index in [1.807, 2.05) is 12.2 Å². The first-order valence-electron chi connectivity index (χ1n) is 11.9. The molecular formula is C30H32O6. The van der Waals surface area contributed by atoms with Crippen LogP contribution in [0.3, 0.4) is 0 Å². The maximum atomic E-state index is 13.0. The highest BCUT2D eigenvalue weighted by Crippen LogP contribution is 2.29. The summed E-state index contributed by atoms with van der Waals surface area (Å²) in [5.41, 5.74) is -3.43. The van der Waals surface area contributed by atoms with Crippen LogP contribution in [0.15, 0.2) is 98.1 Å². The number of allylic oxidation sites excluding steroid dienone is 2. The minimum absolute atomic E-state index is 0.269. The lowest BCUT2D eigenvalue weighted by Crippen LogP contribution is -2.43. The van der Waals surface area contributed by atoms with Crippen LogP contribution in [-0.2, 0) is 0 Å². The molecule has 0 saturated carbocycles. The normalized spacial score (nSPS) is 20.5. The zero-order valence-corrected chi connectivity index (χ0v) is 20.3. The van der Waals surface area contributed by atoms with Crippen LogP contribution in [0.1, 0.15) is 46.4 Å². The van der Waals surface area contributed by atoms with Gasteiger partial charge in [-0.2, -0.15) is 0 Å². The Hall–Kier alpha value is -3.74. The second-order valence-electron chi connectivity index (χ2n) is 8.58. The van der Waals surface area contributed by atoms with E-state index in [4.69, 9.17) is 9.47 Å². The lowest BCUT2D eigenvalue weighted by Gasteiger charge is -2.28. The molecule has 0 amide bonds. The van der Waals surface area contributed by atoms with Gasteiger partial charge in [-0.25, -0.2) is 0 Å². The van der Waals surface area contributed by atoms with Crippen LogP contribution in [0.2, 0.25) is 0 Å². The van der Waals surface area contributed by atoms with Gasteiger partial charge in [-0.15, -0.1) is 13.2 Å². The molecule has 3 rings (SSSR count). The van der Waals surface area contributed by atoms with Gasteiger partial charge in [0, 0.05) is 11.1 Å². The van der Waals surface area contributed by atoms with E-state index >= 15 is 0 Å². The summed E-state index contributed by atoms with van der Waals surface area (Å²) in [6, 6.07) is 12.9. The summed E-state index contributed by atoms with van der Waals surface area (Å²) < 4.78 is 11.2. The monoisotopic (exact) mass is 488 g/mol. The van der Waals surface area contributed by atoms with Gasteiger partial charge in [-0.3, -0.25) is 9.59 Å². The summed E-state index contributed by atoms with van der Waals surface area (Å²) in [5, 5.41) is 21.8. The maximum Gasteiger partial charge on any atom is 0.202 e. The Bertz CT molecular complexity index is 1020. The number of rotatable bonds is 14. The van der Waals surface area contributed by atoms with E-state index in [1.165, 1.54) is 0 Å². The molecule has 1 aliphatic rings. The van der Waals surface area contributed by atoms with Crippen molar-refractivity contribution in [3.05, 3.63) is 109 Å². The minimum Gasteiger partial charge on any atom is -0.494 e. The third kappa shape index (κ3) is 6.68. The number of ketones is 2. The number of hydrogen-bond donors (Lipinski definition) is 2. The molecule has 1 aliphatic carbocycles. The molecule has 6 heteroatoms. The molecule has 0 spiro atoms. The molecule has 188 valence electrons. The quantitative estimate of drug-likeness (QED) is 0.220. The molecule has 0 aromatic heterocycles. The van der Waals surface area contributed by atoms with E-state index in [0.717, 1.165) is 50.0 Å². The first kappa shape index (κ1) is 26.9. The van der Waals surface area contributed by atoms with Gasteiger partial charge in [0.1, 0.15) is 11.5 Å². The molecular weight excluding hydrogens is 456 g/mol. The van der Waals surface area contributed by atoms with Crippen molar-refractivity contribution in [2.24, 2.45) is 0 Å². The van der Waals surface area contributed by atoms with Gasteiger partial charge in [-0.1, -0.05) is 12.2 Å². The van der Waals surface area contributed by atoms with E-state index in [1.54, 1.807) is 48.5 Å². The van der Waals surface area contributed by atoms with Crippen LogP contribution >= 0.6 is 0 Å². The largest absolute Gasteiger partial charge is 0.494 e. The van der Waals surface area contributed by atoms with Crippen molar-refractivity contribution in [1.29, 1.82) is 0 Å². The highest BCUT2D eigenvalue weighted by molar-refractivity contribution is 6.08. The first-order chi connectivity index (χ1) is 17.3. The molecule has 0 saturated heterocycles. The molecule has 36 heavy (non-hydrogen) atoms. The SMILES string of the molecule is C=CCCCOc1ccc(C(=O)C2(O)C=CC(O)(C(=O)c3ccc(OCCCC=C)cc3)C=C2)cc1. The number of unbranched alkanes of at least 4 members (excludes halogenated alkanes) is 2. The summed E-state index contributed by atoms with van der Waals surface area (Å²) >= 11 is 0. The Morgan fingerprint density at radius 3 is 1.31 bits per heavy atom. The zero-order chi connectivity index (χ0) is 26.0. The Kier molecular flexibility index (Phi) is 9.17. The molecule has 0 bridgehead atoms. The van der Waals surface area contributed by atoms with Crippen molar-refractivity contribution < 1.29 is 29.3 Å². The number of ether oxygens (including phenoxy) is 2. The molecule has 0 radical (unpaired) electrons. The number of carbonyl (C=O) groups excluding carboxylic acids is 2. The fourth-order valence-electron chi connectivity index (χ4n) is 3.62. The van der Waals surface area contributed by atoms with Crippen molar-refractivity contribution in [2.45, 2.75) is 36.9 Å². The number of hydrogen-bond acceptors (Lipinski definition) is 6. The van der Waals surface area contributed by atoms with Gasteiger partial charge in [0.2, 0.25) is 11.6 Å². The smallest absolute Gasteiger partial charge is 0.202 e. The van der Waals surface area contributed by atoms with Crippen LogP contribution < -0.4 is 9.47 Å². The summed E-state index contributed by atoms with van der Waals surface area (Å²) in [6.45, 7) is 8.41. The van der Waals surface area contributed by atoms with Gasteiger partial charge in [0.05, 0.1) is 13.2 Å². The highest BCUT2D eigenvalue weighted by Gasteiger charge is 2.40. The van der Waals surface area contributed by atoms with Crippen LogP contribution in [0.25, 0.3) is 0 Å². The Morgan fingerprint density at radius 2 is 1.00 bits per heavy atom. The van der Waals surface area contributed by atoms with Gasteiger partial charge < -0.3 is 19.7 Å². The molecule has 0 unspecified atom stereocenters. The standard InChI is InChI=1S/C30H32O6/c1-3-5-7-21-35-25-13-9-23(10-14-25)27(31)29(33)17-19-30(34,20-18-29)28(32)24-11-15-26(16-12-24)36-22-8-6-4-2/h3-4,9-20,33-34H,1-2,5-8,21-22H2. The lowest BCUT2D eigenvalue weighted by molar-refractivity contribution is 0.0577. The minimum atomic E-state index is -1.98. The van der Waals surface area contributed by atoms with E-state index in [-0.39, 0.29) is 11.1 Å². The van der Waals surface area contributed by atoms with E-state index < -0.39 is 22.8 Å². The van der Waals surface area contributed by atoms with Gasteiger partial charge in [0.25, 0.3) is 0 Å². The second-order valence-corrected chi connectivity index (χ2v) is 8.58. The van der Waals surface area contributed by atoms with Gasteiger partial charge in [0.15, 0.2) is 11.2 Å². The summed E-state index contributed by atoms with van der Waals surface area (Å²) in [6.07, 6.45) is 11.6. The highest BCUT2D eigenvalue weighted by atomic mass is 16.5. The van der Waals surface area contributed by atoms with Crippen molar-refractivity contribution in [3.63, 3.8) is 0 Å². The summed E-state index contributed by atoms with van der Waals surface area (Å²) in [7, 11) is 0. The topological polar surface area (TPSA) is 93.1 Å². The number of carbonyl (C=O) groups is 2. The molecule has 2 aromatic carbocycles. The Morgan fingerprint density at radius 1 is 0.667 bits per heavy atom. The average Bonchev–Trinajstić information content (AvgIpc) is 2.91. The molecule has 0 atom stereocenters. The molecule has 0 aliphatic heterocycles. The van der Waals surface area contributed by atoms with Crippen molar-refractivity contribution >= 4 is 11.6 Å². The van der Waals surface area contributed by atoms with Crippen molar-refractivity contribution in [2.75, 3.05) is 13.2 Å². The maximum absolute atomic E-state index is 13.0. The fourth-order valence-corrected chi connectivity index (χ4v) is 3.62. The van der Waals surface area contributed by atoms with Crippen LogP contribution in [0.4, 0.5) is 0 Å². The summed E-state index contributed by atoms with van der Waals surface area (Å²) in [4.78, 5) is 25.9. The van der Waals surface area contributed by atoms with Crippen LogP contribution in [0, 0.1) is 0 Å². The van der Waals surface area contributed by atoms with Crippen LogP contribution in [-0.4, -0.2) is 46.2 Å². The third-order valence-corrected chi connectivity index (χ3v) is 5.79. The zero-order valence-electron chi connectivity index (χ0n) is 20.3. The summed E-state index contributed by atoms with van der Waals surface area (Å²) in [5.74, 6) is 0.0669. The number of aliphatic hydroxyl groups is 2. The van der Waals surface area contributed by atoms with E-state index in [9.17, 15) is 19.8 Å². The Labute approximate surface area is 211 Å². The fraction of sp³-hybridized carbons (Fsp3) is 0.267.